The Balaban J connectivity index is 2.04. The normalized spacial score (nSPS) is 16.6. The highest BCUT2D eigenvalue weighted by atomic mass is 19.1. The van der Waals surface area contributed by atoms with Crippen LogP contribution in [0.5, 0.6) is 0 Å². The minimum Gasteiger partial charge on any atom is -0.373 e. The summed E-state index contributed by atoms with van der Waals surface area (Å²) in [4.78, 5) is 16.7. The van der Waals surface area contributed by atoms with Crippen molar-refractivity contribution in [3.8, 4) is 0 Å². The van der Waals surface area contributed by atoms with Crippen molar-refractivity contribution < 1.29 is 13.6 Å². The Morgan fingerprint density at radius 3 is 2.48 bits per heavy atom. The largest absolute Gasteiger partial charge is 0.373 e. The van der Waals surface area contributed by atoms with Crippen LogP contribution in [0.4, 0.5) is 8.78 Å². The number of halogens is 2. The number of rotatable bonds is 7. The molecule has 0 spiro atoms. The van der Waals surface area contributed by atoms with E-state index >= 15 is 0 Å². The summed E-state index contributed by atoms with van der Waals surface area (Å²) in [5.74, 6) is -1.29. The molecule has 0 amide bonds. The predicted molar refractivity (Wildman–Crippen MR) is 87.9 cm³/mol. The number of carbonyl (C=O) groups is 1. The second kappa shape index (κ2) is 7.66. The zero-order valence-corrected chi connectivity index (χ0v) is 13.8. The molecule has 0 fully saturated rings. The maximum atomic E-state index is 13.7. The quantitative estimate of drug-likeness (QED) is 0.767. The van der Waals surface area contributed by atoms with Crippen LogP contribution in [0, 0.1) is 17.0 Å². The average Bonchev–Trinajstić information content (AvgIpc) is 2.50. The van der Waals surface area contributed by atoms with E-state index in [4.69, 9.17) is 0 Å². The Morgan fingerprint density at radius 2 is 1.96 bits per heavy atom. The fourth-order valence-electron chi connectivity index (χ4n) is 3.27. The van der Waals surface area contributed by atoms with E-state index in [0.29, 0.717) is 12.4 Å². The van der Waals surface area contributed by atoms with Crippen LogP contribution in [-0.4, -0.2) is 24.7 Å². The summed E-state index contributed by atoms with van der Waals surface area (Å²) in [6, 6.07) is 3.02. The molecule has 1 aliphatic heterocycles. The van der Waals surface area contributed by atoms with Gasteiger partial charge < -0.3 is 5.32 Å². The fraction of sp³-hybridized carbons (Fsp3) is 0.556. The molecule has 3 nitrogen and oxygen atoms in total. The average molecular weight is 322 g/mol. The summed E-state index contributed by atoms with van der Waals surface area (Å²) in [6.45, 7) is 5.83. The summed E-state index contributed by atoms with van der Waals surface area (Å²) < 4.78 is 26.6. The number of Topliss-reactive ketones (excluding diaryl/α,β-unsaturated/α-hetero) is 1. The minimum absolute atomic E-state index is 0.0247. The van der Waals surface area contributed by atoms with Crippen LogP contribution in [0.1, 0.15) is 56.3 Å². The molecular formula is C18H24F2N2O. The number of hydrogen-bond donors (Lipinski definition) is 1. The van der Waals surface area contributed by atoms with Crippen LogP contribution in [0.3, 0.4) is 0 Å². The second-order valence-corrected chi connectivity index (χ2v) is 6.34. The van der Waals surface area contributed by atoms with Crippen molar-refractivity contribution in [3.63, 3.8) is 0 Å². The highest BCUT2D eigenvalue weighted by Gasteiger charge is 2.31. The number of ketones is 1. The molecule has 1 heterocycles. The molecule has 0 aliphatic carbocycles. The highest BCUT2D eigenvalue weighted by molar-refractivity contribution is 6.09. The lowest BCUT2D eigenvalue weighted by Crippen LogP contribution is -2.45. The molecule has 23 heavy (non-hydrogen) atoms. The van der Waals surface area contributed by atoms with E-state index in [9.17, 15) is 13.6 Å². The topological polar surface area (TPSA) is 41.5 Å². The molecule has 0 saturated heterocycles. The van der Waals surface area contributed by atoms with Gasteiger partial charge in [0, 0.05) is 24.6 Å². The van der Waals surface area contributed by atoms with E-state index in [1.165, 1.54) is 6.07 Å². The van der Waals surface area contributed by atoms with Gasteiger partial charge in [-0.3, -0.25) is 9.79 Å². The third-order valence-electron chi connectivity index (χ3n) is 4.39. The lowest BCUT2D eigenvalue weighted by molar-refractivity contribution is 0.0994. The summed E-state index contributed by atoms with van der Waals surface area (Å²) in [5, 5.41) is 3.24. The maximum absolute atomic E-state index is 13.7. The van der Waals surface area contributed by atoms with Crippen LogP contribution in [0.25, 0.3) is 0 Å². The van der Waals surface area contributed by atoms with Gasteiger partial charge in [-0.25, -0.2) is 8.78 Å². The van der Waals surface area contributed by atoms with Gasteiger partial charge in [-0.1, -0.05) is 26.7 Å². The lowest BCUT2D eigenvalue weighted by atomic mass is 9.78. The van der Waals surface area contributed by atoms with Crippen molar-refractivity contribution in [2.45, 2.75) is 46.0 Å². The van der Waals surface area contributed by atoms with Gasteiger partial charge in [0.05, 0.1) is 12.0 Å². The van der Waals surface area contributed by atoms with Gasteiger partial charge in [0.25, 0.3) is 0 Å². The predicted octanol–water partition coefficient (Wildman–Crippen LogP) is 4.13. The number of hydrogen-bond acceptors (Lipinski definition) is 3. The molecule has 0 unspecified atom stereocenters. The first-order valence-electron chi connectivity index (χ1n) is 8.25. The van der Waals surface area contributed by atoms with Gasteiger partial charge in [-0.15, -0.1) is 0 Å². The third kappa shape index (κ3) is 4.36. The summed E-state index contributed by atoms with van der Waals surface area (Å²) in [5.41, 5.74) is 0.0758. The zero-order valence-electron chi connectivity index (χ0n) is 13.8. The molecule has 0 saturated carbocycles. The maximum Gasteiger partial charge on any atom is 0.173 e. The molecule has 1 aromatic rings. The van der Waals surface area contributed by atoms with E-state index in [1.807, 2.05) is 0 Å². The van der Waals surface area contributed by atoms with Gasteiger partial charge in [0.15, 0.2) is 5.78 Å². The first-order chi connectivity index (χ1) is 11.0. The van der Waals surface area contributed by atoms with Gasteiger partial charge in [-0.2, -0.15) is 0 Å². The molecule has 5 heteroatoms. The summed E-state index contributed by atoms with van der Waals surface area (Å²) in [7, 11) is 0. The number of benzene rings is 1. The van der Waals surface area contributed by atoms with E-state index in [2.05, 4.69) is 24.2 Å². The Kier molecular flexibility index (Phi) is 5.85. The van der Waals surface area contributed by atoms with E-state index in [-0.39, 0.29) is 23.2 Å². The number of nitrogens with zero attached hydrogens (tertiary/aromatic N) is 1. The Bertz CT molecular complexity index is 593. The van der Waals surface area contributed by atoms with Gasteiger partial charge >= 0.3 is 0 Å². The minimum atomic E-state index is -0.822. The molecule has 1 aromatic carbocycles. The lowest BCUT2D eigenvalue weighted by Gasteiger charge is -2.36. The van der Waals surface area contributed by atoms with Gasteiger partial charge in [-0.05, 0) is 25.0 Å². The van der Waals surface area contributed by atoms with E-state index in [1.54, 1.807) is 0 Å². The number of nitrogens with one attached hydrogen (secondary N) is 1. The van der Waals surface area contributed by atoms with Crippen molar-refractivity contribution in [2.75, 3.05) is 13.1 Å². The molecule has 0 bridgehead atoms. The second-order valence-electron chi connectivity index (χ2n) is 6.34. The van der Waals surface area contributed by atoms with Crippen molar-refractivity contribution in [2.24, 2.45) is 10.4 Å². The van der Waals surface area contributed by atoms with Gasteiger partial charge in [0.2, 0.25) is 0 Å². The smallest absolute Gasteiger partial charge is 0.173 e. The van der Waals surface area contributed by atoms with Crippen LogP contribution < -0.4 is 5.32 Å². The first kappa shape index (κ1) is 17.6. The summed E-state index contributed by atoms with van der Waals surface area (Å²) in [6.07, 6.45) is 4.44. The van der Waals surface area contributed by atoms with E-state index < -0.39 is 11.6 Å². The standard InChI is InChI=1S/C18H24F2N2O/c1-3-7-18(8-4-2)11-21-17(22-12-18)10-16(23)14-6-5-13(19)9-15(14)20/h5-6,9H,3-4,7-8,10-12H2,1-2H3,(H,21,22). The number of carbonyl (C=O) groups excluding carboxylic acids is 1. The highest BCUT2D eigenvalue weighted by Crippen LogP contribution is 2.31. The fourth-order valence-corrected chi connectivity index (χ4v) is 3.27. The molecule has 126 valence electrons. The molecule has 0 atom stereocenters. The molecule has 1 N–H and O–H groups in total. The Hall–Kier alpha value is -1.78. The SMILES string of the molecule is CCCC1(CCC)CN=C(CC(=O)c2ccc(F)cc2F)NC1. The van der Waals surface area contributed by atoms with Gasteiger partial charge in [0.1, 0.15) is 17.5 Å². The van der Waals surface area contributed by atoms with Crippen molar-refractivity contribution in [3.05, 3.63) is 35.4 Å². The van der Waals surface area contributed by atoms with Crippen LogP contribution >= 0.6 is 0 Å². The Morgan fingerprint density at radius 1 is 1.26 bits per heavy atom. The monoisotopic (exact) mass is 322 g/mol. The van der Waals surface area contributed by atoms with Crippen LogP contribution in [0.15, 0.2) is 23.2 Å². The zero-order chi connectivity index (χ0) is 16.9. The summed E-state index contributed by atoms with van der Waals surface area (Å²) >= 11 is 0. The number of aliphatic imine (C=N–C) groups is 1. The number of amidine groups is 1. The molecule has 2 rings (SSSR count). The third-order valence-corrected chi connectivity index (χ3v) is 4.39. The van der Waals surface area contributed by atoms with Crippen molar-refractivity contribution in [1.82, 2.24) is 5.32 Å². The molecule has 0 aromatic heterocycles. The van der Waals surface area contributed by atoms with Crippen LogP contribution in [-0.2, 0) is 0 Å². The molecular weight excluding hydrogens is 298 g/mol. The molecule has 1 aliphatic rings. The molecule has 0 radical (unpaired) electrons. The van der Waals surface area contributed by atoms with Crippen molar-refractivity contribution >= 4 is 11.6 Å². The van der Waals surface area contributed by atoms with Crippen LogP contribution in [0.2, 0.25) is 0 Å². The first-order valence-corrected chi connectivity index (χ1v) is 8.25. The Labute approximate surface area is 136 Å². The van der Waals surface area contributed by atoms with Crippen molar-refractivity contribution in [1.29, 1.82) is 0 Å². The van der Waals surface area contributed by atoms with E-state index in [0.717, 1.165) is 44.4 Å².